The predicted octanol–water partition coefficient (Wildman–Crippen LogP) is 3.21. The van der Waals surface area contributed by atoms with E-state index in [0.29, 0.717) is 24.1 Å². The Balaban J connectivity index is 1.41. The van der Waals surface area contributed by atoms with Crippen molar-refractivity contribution in [2.24, 2.45) is 0 Å². The topological polar surface area (TPSA) is 66.2 Å². The van der Waals surface area contributed by atoms with Crippen LogP contribution in [0.25, 0.3) is 21.3 Å². The zero-order chi connectivity index (χ0) is 18.4. The fraction of sp³-hybridized carbons (Fsp3) is 0.263. The number of imidazole rings is 1. The summed E-state index contributed by atoms with van der Waals surface area (Å²) >= 11 is 1.49. The summed E-state index contributed by atoms with van der Waals surface area (Å²) in [7, 11) is -1.05. The molecule has 27 heavy (non-hydrogen) atoms. The van der Waals surface area contributed by atoms with Crippen LogP contribution in [-0.2, 0) is 22.1 Å². The minimum Gasteiger partial charge on any atom is -0.486 e. The van der Waals surface area contributed by atoms with Gasteiger partial charge in [-0.3, -0.25) is 4.21 Å². The van der Waals surface area contributed by atoms with Gasteiger partial charge in [-0.15, -0.1) is 11.3 Å². The molecule has 1 saturated heterocycles. The molecule has 6 nitrogen and oxygen atoms in total. The van der Waals surface area contributed by atoms with Gasteiger partial charge in [0, 0.05) is 18.9 Å². The molecule has 0 saturated carbocycles. The zero-order valence-corrected chi connectivity index (χ0v) is 16.3. The van der Waals surface area contributed by atoms with Gasteiger partial charge in [0.1, 0.15) is 11.9 Å². The highest BCUT2D eigenvalue weighted by Gasteiger charge is 2.20. The van der Waals surface area contributed by atoms with E-state index in [4.69, 9.17) is 9.47 Å². The Morgan fingerprint density at radius 2 is 2.15 bits per heavy atom. The lowest BCUT2D eigenvalue weighted by molar-refractivity contribution is -0.0796. The van der Waals surface area contributed by atoms with E-state index in [2.05, 4.69) is 26.7 Å². The number of ether oxygens (including phenoxy) is 2. The Labute approximate surface area is 162 Å². The SMILES string of the molecule is CS(=O)c1nc2ccc(Cn3cnc4cc(OC5COC5)ccc43)cc2s1. The molecular weight excluding hydrogens is 382 g/mol. The third-order valence-electron chi connectivity index (χ3n) is 4.53. The second-order valence-corrected chi connectivity index (χ2v) is 9.12. The van der Waals surface area contributed by atoms with Gasteiger partial charge in [-0.1, -0.05) is 6.07 Å². The van der Waals surface area contributed by atoms with E-state index in [1.807, 2.05) is 30.6 Å². The molecule has 8 heteroatoms. The smallest absolute Gasteiger partial charge is 0.181 e. The lowest BCUT2D eigenvalue weighted by Crippen LogP contribution is -2.38. The minimum absolute atomic E-state index is 0.151. The van der Waals surface area contributed by atoms with Crippen LogP contribution in [0.1, 0.15) is 5.56 Å². The Bertz CT molecular complexity index is 1160. The first-order valence-corrected chi connectivity index (χ1v) is 11.0. The molecule has 4 aromatic rings. The quantitative estimate of drug-likeness (QED) is 0.516. The molecule has 0 bridgehead atoms. The summed E-state index contributed by atoms with van der Waals surface area (Å²) in [4.78, 5) is 8.94. The van der Waals surface area contributed by atoms with Crippen molar-refractivity contribution < 1.29 is 13.7 Å². The van der Waals surface area contributed by atoms with Gasteiger partial charge >= 0.3 is 0 Å². The van der Waals surface area contributed by atoms with Crippen LogP contribution in [0, 0.1) is 0 Å². The molecule has 0 amide bonds. The lowest BCUT2D eigenvalue weighted by Gasteiger charge is -2.26. The molecular formula is C19H17N3O3S2. The largest absolute Gasteiger partial charge is 0.486 e. The Kier molecular flexibility index (Phi) is 4.18. The molecule has 1 aliphatic rings. The predicted molar refractivity (Wildman–Crippen MR) is 106 cm³/mol. The number of rotatable bonds is 5. The number of nitrogens with zero attached hydrogens (tertiary/aromatic N) is 3. The number of benzene rings is 2. The second kappa shape index (κ2) is 6.70. The maximum atomic E-state index is 11.6. The Morgan fingerprint density at radius 1 is 1.26 bits per heavy atom. The van der Waals surface area contributed by atoms with Crippen LogP contribution in [0.3, 0.4) is 0 Å². The van der Waals surface area contributed by atoms with Crippen LogP contribution in [0.4, 0.5) is 0 Å². The van der Waals surface area contributed by atoms with Gasteiger partial charge in [-0.2, -0.15) is 0 Å². The van der Waals surface area contributed by atoms with Crippen LogP contribution >= 0.6 is 11.3 Å². The zero-order valence-electron chi connectivity index (χ0n) is 14.6. The van der Waals surface area contributed by atoms with Gasteiger partial charge in [-0.05, 0) is 29.8 Å². The summed E-state index contributed by atoms with van der Waals surface area (Å²) in [6, 6.07) is 12.2. The van der Waals surface area contributed by atoms with E-state index < -0.39 is 10.8 Å². The van der Waals surface area contributed by atoms with Crippen LogP contribution in [0.15, 0.2) is 47.1 Å². The van der Waals surface area contributed by atoms with Gasteiger partial charge in [-0.25, -0.2) is 9.97 Å². The average Bonchev–Trinajstić information content (AvgIpc) is 3.22. The van der Waals surface area contributed by atoms with Crippen LogP contribution in [-0.4, -0.2) is 44.3 Å². The van der Waals surface area contributed by atoms with E-state index >= 15 is 0 Å². The number of hydrogen-bond acceptors (Lipinski definition) is 6. The van der Waals surface area contributed by atoms with Gasteiger partial charge in [0.15, 0.2) is 4.34 Å². The summed E-state index contributed by atoms with van der Waals surface area (Å²) in [5.74, 6) is 0.826. The molecule has 0 spiro atoms. The summed E-state index contributed by atoms with van der Waals surface area (Å²) < 4.78 is 26.5. The highest BCUT2D eigenvalue weighted by Crippen LogP contribution is 2.27. The maximum absolute atomic E-state index is 11.6. The van der Waals surface area contributed by atoms with Gasteiger partial charge < -0.3 is 14.0 Å². The molecule has 2 aromatic carbocycles. The molecule has 0 radical (unpaired) electrons. The molecule has 0 aliphatic carbocycles. The minimum atomic E-state index is -1.05. The van der Waals surface area contributed by atoms with Gasteiger partial charge in [0.05, 0.1) is 51.6 Å². The lowest BCUT2D eigenvalue weighted by atomic mass is 10.2. The van der Waals surface area contributed by atoms with Crippen LogP contribution in [0.2, 0.25) is 0 Å². The number of fused-ring (bicyclic) bond motifs is 2. The summed E-state index contributed by atoms with van der Waals surface area (Å²) in [6.45, 7) is 2.02. The van der Waals surface area contributed by atoms with Crippen molar-refractivity contribution in [1.82, 2.24) is 14.5 Å². The second-order valence-electron chi connectivity index (χ2n) is 6.54. The highest BCUT2D eigenvalue weighted by molar-refractivity contribution is 7.86. The van der Waals surface area contributed by atoms with E-state index in [0.717, 1.165) is 32.6 Å². The number of aromatic nitrogens is 3. The van der Waals surface area contributed by atoms with Crippen molar-refractivity contribution in [2.45, 2.75) is 17.0 Å². The van der Waals surface area contributed by atoms with Crippen LogP contribution < -0.4 is 4.74 Å². The normalized spacial score (nSPS) is 15.9. The fourth-order valence-electron chi connectivity index (χ4n) is 3.08. The van der Waals surface area contributed by atoms with E-state index in [1.165, 1.54) is 11.3 Å². The first kappa shape index (κ1) is 16.9. The maximum Gasteiger partial charge on any atom is 0.181 e. The standard InChI is InChI=1S/C19H17N3O3S2/c1-27(23)19-21-15-4-2-12(6-18(15)26-19)8-22-11-20-16-7-13(3-5-17(16)22)25-14-9-24-10-14/h2-7,11,14H,8-10H2,1H3. The van der Waals surface area contributed by atoms with Crippen molar-refractivity contribution in [1.29, 1.82) is 0 Å². The van der Waals surface area contributed by atoms with E-state index in [9.17, 15) is 4.21 Å². The van der Waals surface area contributed by atoms with Crippen molar-refractivity contribution >= 4 is 43.4 Å². The first-order valence-electron chi connectivity index (χ1n) is 8.58. The highest BCUT2D eigenvalue weighted by atomic mass is 32.2. The summed E-state index contributed by atoms with van der Waals surface area (Å²) in [6.07, 6.45) is 3.66. The van der Waals surface area contributed by atoms with Crippen molar-refractivity contribution in [2.75, 3.05) is 19.5 Å². The van der Waals surface area contributed by atoms with Crippen molar-refractivity contribution in [3.8, 4) is 5.75 Å². The fourth-order valence-corrected chi connectivity index (χ4v) is 4.81. The molecule has 138 valence electrons. The molecule has 1 unspecified atom stereocenters. The van der Waals surface area contributed by atoms with E-state index in [-0.39, 0.29) is 6.10 Å². The van der Waals surface area contributed by atoms with Gasteiger partial charge in [0.2, 0.25) is 0 Å². The average molecular weight is 399 g/mol. The molecule has 1 fully saturated rings. The van der Waals surface area contributed by atoms with Crippen molar-refractivity contribution in [3.63, 3.8) is 0 Å². The van der Waals surface area contributed by atoms with Crippen LogP contribution in [0.5, 0.6) is 5.75 Å². The molecule has 3 heterocycles. The molecule has 1 aliphatic heterocycles. The summed E-state index contributed by atoms with van der Waals surface area (Å²) in [5.41, 5.74) is 4.03. The Hall–Kier alpha value is -2.29. The molecule has 1 atom stereocenters. The monoisotopic (exact) mass is 399 g/mol. The molecule has 2 aromatic heterocycles. The third kappa shape index (κ3) is 3.24. The van der Waals surface area contributed by atoms with E-state index in [1.54, 1.807) is 6.26 Å². The number of hydrogen-bond donors (Lipinski definition) is 0. The first-order chi connectivity index (χ1) is 13.2. The number of thiazole rings is 1. The third-order valence-corrected chi connectivity index (χ3v) is 6.88. The van der Waals surface area contributed by atoms with Gasteiger partial charge in [0.25, 0.3) is 0 Å². The van der Waals surface area contributed by atoms with Crippen molar-refractivity contribution in [3.05, 3.63) is 48.3 Å². The Morgan fingerprint density at radius 3 is 2.93 bits per heavy atom. The summed E-state index contributed by atoms with van der Waals surface area (Å²) in [5, 5.41) is 0. The molecule has 0 N–H and O–H groups in total. The molecule has 5 rings (SSSR count).